The van der Waals surface area contributed by atoms with Gasteiger partial charge in [-0.1, -0.05) is 0 Å². The number of H-pyrrole nitrogens is 1. The first-order valence-electron chi connectivity index (χ1n) is 4.98. The standard InChI is InChI=1S/C13H11FN2/c1-8-12(7-15)9(2)16-13(8)10-3-5-11(14)6-4-10/h3-6,16H,1-2H3. The van der Waals surface area contributed by atoms with Gasteiger partial charge in [0, 0.05) is 11.4 Å². The van der Waals surface area contributed by atoms with Crippen LogP contribution in [0, 0.1) is 31.0 Å². The van der Waals surface area contributed by atoms with Gasteiger partial charge in [0.15, 0.2) is 0 Å². The van der Waals surface area contributed by atoms with Gasteiger partial charge in [0.25, 0.3) is 0 Å². The average molecular weight is 214 g/mol. The first-order chi connectivity index (χ1) is 7.63. The summed E-state index contributed by atoms with van der Waals surface area (Å²) in [5.41, 5.74) is 4.20. The van der Waals surface area contributed by atoms with Gasteiger partial charge < -0.3 is 4.98 Å². The van der Waals surface area contributed by atoms with E-state index >= 15 is 0 Å². The Labute approximate surface area is 93.4 Å². The molecule has 0 bridgehead atoms. The quantitative estimate of drug-likeness (QED) is 0.777. The Bertz CT molecular complexity index is 559. The summed E-state index contributed by atoms with van der Waals surface area (Å²) in [6.07, 6.45) is 0. The van der Waals surface area contributed by atoms with Gasteiger partial charge in [0.05, 0.1) is 5.56 Å². The summed E-state index contributed by atoms with van der Waals surface area (Å²) in [4.78, 5) is 3.15. The van der Waals surface area contributed by atoms with Crippen molar-refractivity contribution in [1.82, 2.24) is 4.98 Å². The number of halogens is 1. The summed E-state index contributed by atoms with van der Waals surface area (Å²) in [6.45, 7) is 3.75. The van der Waals surface area contributed by atoms with Gasteiger partial charge >= 0.3 is 0 Å². The fourth-order valence-corrected chi connectivity index (χ4v) is 1.82. The predicted molar refractivity (Wildman–Crippen MR) is 60.4 cm³/mol. The van der Waals surface area contributed by atoms with E-state index in [1.54, 1.807) is 12.1 Å². The van der Waals surface area contributed by atoms with Crippen LogP contribution in [-0.4, -0.2) is 4.98 Å². The number of nitrogens with one attached hydrogen (secondary N) is 1. The minimum atomic E-state index is -0.259. The second-order valence-corrected chi connectivity index (χ2v) is 3.74. The van der Waals surface area contributed by atoms with Crippen molar-refractivity contribution in [3.8, 4) is 17.3 Å². The maximum absolute atomic E-state index is 12.8. The maximum Gasteiger partial charge on any atom is 0.123 e. The van der Waals surface area contributed by atoms with Gasteiger partial charge in [-0.2, -0.15) is 5.26 Å². The molecule has 1 N–H and O–H groups in total. The number of aryl methyl sites for hydroxylation is 1. The topological polar surface area (TPSA) is 39.6 Å². The molecule has 0 saturated carbocycles. The van der Waals surface area contributed by atoms with Gasteiger partial charge in [-0.25, -0.2) is 4.39 Å². The zero-order valence-corrected chi connectivity index (χ0v) is 9.13. The second kappa shape index (κ2) is 3.82. The highest BCUT2D eigenvalue weighted by Crippen LogP contribution is 2.26. The van der Waals surface area contributed by atoms with Crippen LogP contribution in [0.2, 0.25) is 0 Å². The van der Waals surface area contributed by atoms with Crippen molar-refractivity contribution in [3.05, 3.63) is 46.9 Å². The molecule has 0 aliphatic carbocycles. The van der Waals surface area contributed by atoms with Gasteiger partial charge in [0.1, 0.15) is 11.9 Å². The van der Waals surface area contributed by atoms with Gasteiger partial charge in [0.2, 0.25) is 0 Å². The molecule has 0 radical (unpaired) electrons. The van der Waals surface area contributed by atoms with E-state index in [-0.39, 0.29) is 5.82 Å². The van der Waals surface area contributed by atoms with Crippen molar-refractivity contribution in [1.29, 1.82) is 5.26 Å². The van der Waals surface area contributed by atoms with Crippen LogP contribution in [0.5, 0.6) is 0 Å². The highest BCUT2D eigenvalue weighted by atomic mass is 19.1. The first-order valence-corrected chi connectivity index (χ1v) is 4.98. The molecule has 0 aliphatic heterocycles. The lowest BCUT2D eigenvalue weighted by Crippen LogP contribution is -1.82. The zero-order chi connectivity index (χ0) is 11.7. The number of nitriles is 1. The van der Waals surface area contributed by atoms with E-state index in [9.17, 15) is 4.39 Å². The maximum atomic E-state index is 12.8. The molecule has 80 valence electrons. The molecule has 2 rings (SSSR count). The van der Waals surface area contributed by atoms with Crippen LogP contribution in [0.15, 0.2) is 24.3 Å². The number of aromatic nitrogens is 1. The summed E-state index contributed by atoms with van der Waals surface area (Å²) in [5.74, 6) is -0.259. The van der Waals surface area contributed by atoms with Crippen molar-refractivity contribution >= 4 is 0 Å². The van der Waals surface area contributed by atoms with E-state index in [1.807, 2.05) is 13.8 Å². The molecule has 2 aromatic rings. The number of aromatic amines is 1. The molecule has 0 amide bonds. The lowest BCUT2D eigenvalue weighted by molar-refractivity contribution is 0.628. The van der Waals surface area contributed by atoms with Crippen molar-refractivity contribution < 1.29 is 4.39 Å². The van der Waals surface area contributed by atoms with E-state index in [4.69, 9.17) is 5.26 Å². The molecule has 2 nitrogen and oxygen atoms in total. The first kappa shape index (κ1) is 10.4. The van der Waals surface area contributed by atoms with Crippen LogP contribution in [-0.2, 0) is 0 Å². The summed E-state index contributed by atoms with van der Waals surface area (Å²) in [5, 5.41) is 8.97. The molecule has 0 aliphatic rings. The SMILES string of the molecule is Cc1[nH]c(-c2ccc(F)cc2)c(C)c1C#N. The largest absolute Gasteiger partial charge is 0.357 e. The number of nitrogens with zero attached hydrogens (tertiary/aromatic N) is 1. The third-order valence-corrected chi connectivity index (χ3v) is 2.68. The Morgan fingerprint density at radius 2 is 1.81 bits per heavy atom. The Hall–Kier alpha value is -2.08. The Morgan fingerprint density at radius 1 is 1.19 bits per heavy atom. The smallest absolute Gasteiger partial charge is 0.123 e. The predicted octanol–water partition coefficient (Wildman–Crippen LogP) is 3.31. The monoisotopic (exact) mass is 214 g/mol. The minimum absolute atomic E-state index is 0.259. The fourth-order valence-electron chi connectivity index (χ4n) is 1.82. The van der Waals surface area contributed by atoms with Crippen molar-refractivity contribution in [2.45, 2.75) is 13.8 Å². The number of rotatable bonds is 1. The van der Waals surface area contributed by atoms with Crippen LogP contribution in [0.3, 0.4) is 0 Å². The molecular weight excluding hydrogens is 203 g/mol. The molecular formula is C13H11FN2. The van der Waals surface area contributed by atoms with Crippen molar-refractivity contribution in [2.24, 2.45) is 0 Å². The van der Waals surface area contributed by atoms with Gasteiger partial charge in [-0.3, -0.25) is 0 Å². The van der Waals surface area contributed by atoms with Crippen LogP contribution < -0.4 is 0 Å². The molecule has 1 aromatic heterocycles. The molecule has 1 aromatic carbocycles. The lowest BCUT2D eigenvalue weighted by atomic mass is 10.1. The molecule has 3 heteroatoms. The van der Waals surface area contributed by atoms with Gasteiger partial charge in [-0.05, 0) is 49.2 Å². The Kier molecular flexibility index (Phi) is 2.49. The third kappa shape index (κ3) is 1.59. The molecule has 0 fully saturated rings. The van der Waals surface area contributed by atoms with E-state index in [2.05, 4.69) is 11.1 Å². The molecule has 16 heavy (non-hydrogen) atoms. The molecule has 0 unspecified atom stereocenters. The number of hydrogen-bond donors (Lipinski definition) is 1. The molecule has 0 saturated heterocycles. The summed E-state index contributed by atoms with van der Waals surface area (Å²) in [6, 6.07) is 8.39. The highest BCUT2D eigenvalue weighted by molar-refractivity contribution is 5.68. The van der Waals surface area contributed by atoms with Crippen molar-refractivity contribution in [3.63, 3.8) is 0 Å². The summed E-state index contributed by atoms with van der Waals surface area (Å²) >= 11 is 0. The molecule has 1 heterocycles. The van der Waals surface area contributed by atoms with E-state index in [0.29, 0.717) is 5.56 Å². The summed E-state index contributed by atoms with van der Waals surface area (Å²) in [7, 11) is 0. The highest BCUT2D eigenvalue weighted by Gasteiger charge is 2.12. The second-order valence-electron chi connectivity index (χ2n) is 3.74. The normalized spacial score (nSPS) is 10.1. The minimum Gasteiger partial charge on any atom is -0.357 e. The number of hydrogen-bond acceptors (Lipinski definition) is 1. The van der Waals surface area contributed by atoms with E-state index < -0.39 is 0 Å². The zero-order valence-electron chi connectivity index (χ0n) is 9.13. The summed E-state index contributed by atoms with van der Waals surface area (Å²) < 4.78 is 12.8. The average Bonchev–Trinajstić information content (AvgIpc) is 2.55. The molecule has 0 spiro atoms. The fraction of sp³-hybridized carbons (Fsp3) is 0.154. The number of benzene rings is 1. The Balaban J connectivity index is 2.58. The van der Waals surface area contributed by atoms with Gasteiger partial charge in [-0.15, -0.1) is 0 Å². The Morgan fingerprint density at radius 3 is 2.31 bits per heavy atom. The lowest BCUT2D eigenvalue weighted by Gasteiger charge is -2.00. The van der Waals surface area contributed by atoms with E-state index in [1.165, 1.54) is 12.1 Å². The van der Waals surface area contributed by atoms with Crippen molar-refractivity contribution in [2.75, 3.05) is 0 Å². The molecule has 0 atom stereocenters. The van der Waals surface area contributed by atoms with Crippen LogP contribution in [0.4, 0.5) is 4.39 Å². The van der Waals surface area contributed by atoms with Crippen LogP contribution in [0.1, 0.15) is 16.8 Å². The van der Waals surface area contributed by atoms with Crippen LogP contribution >= 0.6 is 0 Å². The third-order valence-electron chi connectivity index (χ3n) is 2.68. The van der Waals surface area contributed by atoms with E-state index in [0.717, 1.165) is 22.5 Å². The van der Waals surface area contributed by atoms with Crippen LogP contribution in [0.25, 0.3) is 11.3 Å².